The number of hydrogen-bond donors (Lipinski definition) is 1. The molecule has 1 heteroatoms. The molecule has 84 valence electrons. The van der Waals surface area contributed by atoms with Crippen molar-refractivity contribution in [2.75, 3.05) is 6.54 Å². The molecule has 0 saturated carbocycles. The van der Waals surface area contributed by atoms with Crippen LogP contribution in [0.3, 0.4) is 0 Å². The summed E-state index contributed by atoms with van der Waals surface area (Å²) in [4.78, 5) is 0. The molecule has 1 aliphatic heterocycles. The summed E-state index contributed by atoms with van der Waals surface area (Å²) in [5, 5.41) is 3.73. The predicted molar refractivity (Wildman–Crippen MR) is 63.6 cm³/mol. The van der Waals surface area contributed by atoms with E-state index in [2.05, 4.69) is 19.2 Å². The summed E-state index contributed by atoms with van der Waals surface area (Å²) in [5.41, 5.74) is 0.463. The Morgan fingerprint density at radius 1 is 1.07 bits per heavy atom. The van der Waals surface area contributed by atoms with E-state index in [1.54, 1.807) is 0 Å². The third-order valence-electron chi connectivity index (χ3n) is 3.54. The van der Waals surface area contributed by atoms with Gasteiger partial charge in [-0.2, -0.15) is 0 Å². The Hall–Kier alpha value is -0.0400. The standard InChI is InChI=1S/C13H27N/c1-3-4-5-7-10-13(2)11-8-6-9-12-14-13/h14H,3-12H2,1-2H3. The fourth-order valence-electron chi connectivity index (χ4n) is 2.45. The van der Waals surface area contributed by atoms with Crippen molar-refractivity contribution < 1.29 is 0 Å². The van der Waals surface area contributed by atoms with E-state index >= 15 is 0 Å². The topological polar surface area (TPSA) is 12.0 Å². The summed E-state index contributed by atoms with van der Waals surface area (Å²) in [5.74, 6) is 0. The molecule has 0 amide bonds. The van der Waals surface area contributed by atoms with Gasteiger partial charge in [-0.1, -0.05) is 45.4 Å². The quantitative estimate of drug-likeness (QED) is 0.660. The van der Waals surface area contributed by atoms with Gasteiger partial charge in [0.1, 0.15) is 0 Å². The molecule has 0 bridgehead atoms. The molecule has 1 rings (SSSR count). The SMILES string of the molecule is CCCCCCC1(C)CCCCCN1. The van der Waals surface area contributed by atoms with Crippen molar-refractivity contribution >= 4 is 0 Å². The second-order valence-corrected chi connectivity index (χ2v) is 5.11. The first-order valence-electron chi connectivity index (χ1n) is 6.52. The highest BCUT2D eigenvalue weighted by Crippen LogP contribution is 2.24. The fraction of sp³-hybridized carbons (Fsp3) is 1.00. The molecule has 0 spiro atoms. The van der Waals surface area contributed by atoms with E-state index in [1.807, 2.05) is 0 Å². The van der Waals surface area contributed by atoms with E-state index in [1.165, 1.54) is 64.3 Å². The first-order valence-corrected chi connectivity index (χ1v) is 6.52. The minimum absolute atomic E-state index is 0.463. The maximum atomic E-state index is 3.73. The lowest BCUT2D eigenvalue weighted by Gasteiger charge is -2.29. The Bertz CT molecular complexity index is 134. The molecule has 1 nitrogen and oxygen atoms in total. The van der Waals surface area contributed by atoms with Crippen molar-refractivity contribution in [3.05, 3.63) is 0 Å². The number of hydrogen-bond acceptors (Lipinski definition) is 1. The zero-order chi connectivity index (χ0) is 10.3. The van der Waals surface area contributed by atoms with Crippen LogP contribution in [0.1, 0.15) is 71.6 Å². The van der Waals surface area contributed by atoms with E-state index in [-0.39, 0.29) is 0 Å². The molecule has 1 atom stereocenters. The van der Waals surface area contributed by atoms with E-state index in [4.69, 9.17) is 0 Å². The normalized spacial score (nSPS) is 28.7. The van der Waals surface area contributed by atoms with Crippen LogP contribution in [0.5, 0.6) is 0 Å². The molecule has 0 aromatic rings. The molecule has 1 N–H and O–H groups in total. The highest BCUT2D eigenvalue weighted by molar-refractivity contribution is 4.84. The molecular formula is C13H27N. The van der Waals surface area contributed by atoms with E-state index in [0.29, 0.717) is 5.54 Å². The Morgan fingerprint density at radius 2 is 1.93 bits per heavy atom. The molecule has 1 aliphatic rings. The Kier molecular flexibility index (Phi) is 5.54. The monoisotopic (exact) mass is 197 g/mol. The van der Waals surface area contributed by atoms with Crippen molar-refractivity contribution in [3.63, 3.8) is 0 Å². The molecule has 0 aromatic heterocycles. The molecule has 0 radical (unpaired) electrons. The molecule has 1 heterocycles. The van der Waals surface area contributed by atoms with Crippen LogP contribution in [0.4, 0.5) is 0 Å². The first-order chi connectivity index (χ1) is 6.77. The lowest BCUT2D eigenvalue weighted by Crippen LogP contribution is -2.41. The lowest BCUT2D eigenvalue weighted by atomic mass is 9.89. The third-order valence-corrected chi connectivity index (χ3v) is 3.54. The zero-order valence-electron chi connectivity index (χ0n) is 10.1. The first kappa shape index (κ1) is 12.0. The van der Waals surface area contributed by atoms with Gasteiger partial charge in [-0.15, -0.1) is 0 Å². The van der Waals surface area contributed by atoms with E-state index < -0.39 is 0 Å². The summed E-state index contributed by atoms with van der Waals surface area (Å²) in [6.07, 6.45) is 12.6. The lowest BCUT2D eigenvalue weighted by molar-refractivity contribution is 0.312. The van der Waals surface area contributed by atoms with Crippen molar-refractivity contribution in [1.82, 2.24) is 5.32 Å². The van der Waals surface area contributed by atoms with Crippen molar-refractivity contribution in [1.29, 1.82) is 0 Å². The van der Waals surface area contributed by atoms with Gasteiger partial charge in [-0.3, -0.25) is 0 Å². The zero-order valence-corrected chi connectivity index (χ0v) is 10.1. The number of nitrogens with one attached hydrogen (secondary N) is 1. The molecule has 1 fully saturated rings. The maximum Gasteiger partial charge on any atom is 0.0153 e. The third kappa shape index (κ3) is 4.45. The summed E-state index contributed by atoms with van der Waals surface area (Å²) >= 11 is 0. The minimum Gasteiger partial charge on any atom is -0.312 e. The van der Waals surface area contributed by atoms with E-state index in [9.17, 15) is 0 Å². The van der Waals surface area contributed by atoms with Crippen LogP contribution in [0.2, 0.25) is 0 Å². The maximum absolute atomic E-state index is 3.73. The molecule has 1 saturated heterocycles. The highest BCUT2D eigenvalue weighted by Gasteiger charge is 2.23. The summed E-state index contributed by atoms with van der Waals surface area (Å²) in [6, 6.07) is 0. The average Bonchev–Trinajstić information content (AvgIpc) is 2.39. The van der Waals surface area contributed by atoms with Gasteiger partial charge < -0.3 is 5.32 Å². The minimum atomic E-state index is 0.463. The summed E-state index contributed by atoms with van der Waals surface area (Å²) in [7, 11) is 0. The second-order valence-electron chi connectivity index (χ2n) is 5.11. The van der Waals surface area contributed by atoms with Crippen LogP contribution in [-0.4, -0.2) is 12.1 Å². The highest BCUT2D eigenvalue weighted by atomic mass is 15.0. The van der Waals surface area contributed by atoms with Crippen LogP contribution in [0.15, 0.2) is 0 Å². The smallest absolute Gasteiger partial charge is 0.0153 e. The van der Waals surface area contributed by atoms with Gasteiger partial charge in [0.05, 0.1) is 0 Å². The number of unbranched alkanes of at least 4 members (excludes halogenated alkanes) is 3. The van der Waals surface area contributed by atoms with Gasteiger partial charge in [0.25, 0.3) is 0 Å². The number of rotatable bonds is 5. The van der Waals surface area contributed by atoms with Gasteiger partial charge in [0.15, 0.2) is 0 Å². The van der Waals surface area contributed by atoms with Gasteiger partial charge in [0, 0.05) is 5.54 Å². The van der Waals surface area contributed by atoms with Crippen LogP contribution in [0.25, 0.3) is 0 Å². The van der Waals surface area contributed by atoms with Crippen LogP contribution < -0.4 is 5.32 Å². The van der Waals surface area contributed by atoms with Crippen molar-refractivity contribution in [3.8, 4) is 0 Å². The Morgan fingerprint density at radius 3 is 2.71 bits per heavy atom. The predicted octanol–water partition coefficient (Wildman–Crippen LogP) is 3.88. The molecule has 0 aliphatic carbocycles. The van der Waals surface area contributed by atoms with Crippen molar-refractivity contribution in [2.24, 2.45) is 0 Å². The van der Waals surface area contributed by atoms with Crippen molar-refractivity contribution in [2.45, 2.75) is 77.2 Å². The van der Waals surface area contributed by atoms with Crippen LogP contribution in [0, 0.1) is 0 Å². The molecule has 14 heavy (non-hydrogen) atoms. The van der Waals surface area contributed by atoms with Crippen LogP contribution in [-0.2, 0) is 0 Å². The summed E-state index contributed by atoms with van der Waals surface area (Å²) < 4.78 is 0. The fourth-order valence-corrected chi connectivity index (χ4v) is 2.45. The van der Waals surface area contributed by atoms with E-state index in [0.717, 1.165) is 0 Å². The van der Waals surface area contributed by atoms with Gasteiger partial charge in [-0.05, 0) is 32.7 Å². The summed E-state index contributed by atoms with van der Waals surface area (Å²) in [6.45, 7) is 5.94. The molecular weight excluding hydrogens is 170 g/mol. The van der Waals surface area contributed by atoms with Gasteiger partial charge >= 0.3 is 0 Å². The second kappa shape index (κ2) is 6.44. The molecule has 0 aromatic carbocycles. The molecule has 1 unspecified atom stereocenters. The average molecular weight is 197 g/mol. The van der Waals surface area contributed by atoms with Crippen LogP contribution >= 0.6 is 0 Å². The van der Waals surface area contributed by atoms with Gasteiger partial charge in [-0.25, -0.2) is 0 Å². The van der Waals surface area contributed by atoms with Gasteiger partial charge in [0.2, 0.25) is 0 Å². The largest absolute Gasteiger partial charge is 0.312 e. The Labute approximate surface area is 89.7 Å². The Balaban J connectivity index is 2.17.